The fraction of sp³-hybridized carbons (Fsp3) is 0.500. The summed E-state index contributed by atoms with van der Waals surface area (Å²) < 4.78 is 20.9. The molecule has 4 bridgehead atoms. The summed E-state index contributed by atoms with van der Waals surface area (Å²) in [6, 6.07) is 20.8. The summed E-state index contributed by atoms with van der Waals surface area (Å²) in [6.07, 6.45) is 1.80. The van der Waals surface area contributed by atoms with Gasteiger partial charge in [-0.05, 0) is 12.8 Å². The first kappa shape index (κ1) is 17.4. The summed E-state index contributed by atoms with van der Waals surface area (Å²) >= 11 is 0. The first-order chi connectivity index (χ1) is 13.0. The summed E-state index contributed by atoms with van der Waals surface area (Å²) in [5.74, 6) is -1.37. The molecule has 6 atom stereocenters. The van der Waals surface area contributed by atoms with Crippen LogP contribution in [0.25, 0.3) is 0 Å². The lowest BCUT2D eigenvalue weighted by atomic mass is 9.68. The molecule has 0 spiro atoms. The second-order valence-corrected chi connectivity index (χ2v) is 8.30. The maximum atomic E-state index is 6.98. The van der Waals surface area contributed by atoms with E-state index < -0.39 is 11.6 Å². The van der Waals surface area contributed by atoms with Crippen molar-refractivity contribution >= 4 is 0 Å². The maximum Gasteiger partial charge on any atom is 0.204 e. The molecule has 0 saturated carbocycles. The molecule has 2 aromatic carbocycles. The monoisotopic (exact) mass is 364 g/mol. The Kier molecular flexibility index (Phi) is 3.51. The van der Waals surface area contributed by atoms with E-state index in [1.165, 1.54) is 0 Å². The minimum Gasteiger partial charge on any atom is -0.335 e. The lowest BCUT2D eigenvalue weighted by molar-refractivity contribution is -0.447. The third-order valence-corrected chi connectivity index (χ3v) is 7.63. The van der Waals surface area contributed by atoms with Crippen LogP contribution in [0, 0.1) is 11.8 Å². The molecule has 3 nitrogen and oxygen atoms in total. The summed E-state index contributed by atoms with van der Waals surface area (Å²) in [6.45, 7) is 8.93. The molecule has 4 aliphatic rings. The molecule has 6 rings (SSSR count). The van der Waals surface area contributed by atoms with Gasteiger partial charge in [0, 0.05) is 23.0 Å². The molecule has 4 heterocycles. The van der Waals surface area contributed by atoms with Crippen molar-refractivity contribution in [1.29, 1.82) is 0 Å². The number of rotatable bonds is 4. The Morgan fingerprint density at radius 1 is 0.630 bits per heavy atom. The number of hydrogen-bond donors (Lipinski definition) is 0. The van der Waals surface area contributed by atoms with Gasteiger partial charge in [0.2, 0.25) is 11.6 Å². The Morgan fingerprint density at radius 2 is 1.00 bits per heavy atom. The van der Waals surface area contributed by atoms with Gasteiger partial charge in [0.15, 0.2) is 0 Å². The number of hydrogen-bond acceptors (Lipinski definition) is 3. The van der Waals surface area contributed by atoms with E-state index in [9.17, 15) is 0 Å². The minimum atomic E-state index is -0.784. The van der Waals surface area contributed by atoms with Crippen LogP contribution in [0.15, 0.2) is 60.7 Å². The zero-order valence-electron chi connectivity index (χ0n) is 16.6. The highest BCUT2D eigenvalue weighted by atomic mass is 16.9. The molecule has 0 N–H and O–H groups in total. The van der Waals surface area contributed by atoms with Crippen molar-refractivity contribution in [3.63, 3.8) is 0 Å². The molecular formula is C24H28O3. The molecule has 27 heavy (non-hydrogen) atoms. The summed E-state index contributed by atoms with van der Waals surface area (Å²) in [7, 11) is 0. The molecule has 3 heteroatoms. The largest absolute Gasteiger partial charge is 0.335 e. The van der Waals surface area contributed by atoms with Crippen LogP contribution >= 0.6 is 0 Å². The third-order valence-electron chi connectivity index (χ3n) is 7.63. The average Bonchev–Trinajstić information content (AvgIpc) is 2.98. The first-order valence-corrected chi connectivity index (χ1v) is 10.2. The second kappa shape index (κ2) is 5.44. The Bertz CT molecular complexity index is 781. The first-order valence-electron chi connectivity index (χ1n) is 10.2. The summed E-state index contributed by atoms with van der Waals surface area (Å²) in [4.78, 5) is 0. The average molecular weight is 364 g/mol. The highest BCUT2D eigenvalue weighted by Gasteiger charge is 2.85. The lowest BCUT2D eigenvalue weighted by Gasteiger charge is -2.52. The van der Waals surface area contributed by atoms with Crippen molar-refractivity contribution in [2.75, 3.05) is 0 Å². The summed E-state index contributed by atoms with van der Waals surface area (Å²) in [5, 5.41) is 0. The van der Waals surface area contributed by atoms with E-state index in [4.69, 9.17) is 14.2 Å². The van der Waals surface area contributed by atoms with Gasteiger partial charge in [-0.3, -0.25) is 0 Å². The van der Waals surface area contributed by atoms with E-state index in [2.05, 4.69) is 76.2 Å². The van der Waals surface area contributed by atoms with E-state index in [-0.39, 0.29) is 23.0 Å². The molecular weight excluding hydrogens is 336 g/mol. The Morgan fingerprint density at radius 3 is 1.33 bits per heavy atom. The van der Waals surface area contributed by atoms with Crippen LogP contribution in [0.4, 0.5) is 0 Å². The van der Waals surface area contributed by atoms with Gasteiger partial charge in [-0.1, -0.05) is 88.4 Å². The lowest BCUT2D eigenvalue weighted by Crippen LogP contribution is -2.57. The van der Waals surface area contributed by atoms with Gasteiger partial charge in [0.25, 0.3) is 0 Å². The standard InChI is InChI=1S/C24H28O3/c1-5-21-17(3)23(19-13-9-7-10-14-19)26-22(21,6-2)18(4)24(25-21,27-23)20-15-11-8-12-16-20/h7-18H,5-6H2,1-4H3/t17-,18+,21-,22-,23-,24-/m0/s1. The molecule has 142 valence electrons. The smallest absolute Gasteiger partial charge is 0.204 e. The van der Waals surface area contributed by atoms with E-state index in [0.717, 1.165) is 24.0 Å². The molecule has 4 aliphatic heterocycles. The zero-order chi connectivity index (χ0) is 18.9. The van der Waals surface area contributed by atoms with E-state index in [0.29, 0.717) is 0 Å². The van der Waals surface area contributed by atoms with Crippen LogP contribution in [0.5, 0.6) is 0 Å². The third kappa shape index (κ3) is 1.75. The highest BCUT2D eigenvalue weighted by Crippen LogP contribution is 2.76. The van der Waals surface area contributed by atoms with Crippen LogP contribution in [-0.4, -0.2) is 11.2 Å². The normalized spacial score (nSPS) is 44.7. The molecule has 0 amide bonds. The molecule has 0 aromatic heterocycles. The van der Waals surface area contributed by atoms with Crippen molar-refractivity contribution in [2.24, 2.45) is 11.8 Å². The fourth-order valence-corrected chi connectivity index (χ4v) is 6.29. The Balaban J connectivity index is 1.79. The molecule has 4 saturated heterocycles. The molecule has 0 unspecified atom stereocenters. The van der Waals surface area contributed by atoms with Gasteiger partial charge >= 0.3 is 0 Å². The quantitative estimate of drug-likeness (QED) is 0.732. The Hall–Kier alpha value is -1.68. The van der Waals surface area contributed by atoms with Crippen LogP contribution < -0.4 is 0 Å². The Labute approximate surface area is 161 Å². The van der Waals surface area contributed by atoms with Gasteiger partial charge in [-0.25, -0.2) is 0 Å². The van der Waals surface area contributed by atoms with Crippen molar-refractivity contribution in [3.8, 4) is 0 Å². The van der Waals surface area contributed by atoms with Crippen molar-refractivity contribution in [3.05, 3.63) is 71.8 Å². The van der Waals surface area contributed by atoms with Crippen molar-refractivity contribution < 1.29 is 14.2 Å². The molecule has 0 aliphatic carbocycles. The maximum absolute atomic E-state index is 6.98. The van der Waals surface area contributed by atoms with E-state index in [1.54, 1.807) is 0 Å². The molecule has 4 fully saturated rings. The van der Waals surface area contributed by atoms with Gasteiger partial charge in [-0.2, -0.15) is 0 Å². The van der Waals surface area contributed by atoms with Gasteiger partial charge in [-0.15, -0.1) is 0 Å². The predicted molar refractivity (Wildman–Crippen MR) is 104 cm³/mol. The topological polar surface area (TPSA) is 27.7 Å². The summed E-state index contributed by atoms with van der Waals surface area (Å²) in [5.41, 5.74) is 1.43. The van der Waals surface area contributed by atoms with Crippen LogP contribution in [0.2, 0.25) is 0 Å². The molecule has 0 radical (unpaired) electrons. The fourth-order valence-electron chi connectivity index (χ4n) is 6.29. The second-order valence-electron chi connectivity index (χ2n) is 8.30. The predicted octanol–water partition coefficient (Wildman–Crippen LogP) is 5.35. The van der Waals surface area contributed by atoms with Crippen molar-refractivity contribution in [2.45, 2.75) is 63.3 Å². The number of benzene rings is 2. The van der Waals surface area contributed by atoms with E-state index in [1.807, 2.05) is 12.1 Å². The SMILES string of the molecule is CC[C@@]12O[C@]3(c4ccccc4)O[C@@](c4ccccc4)(O[C@@]1(CC)[C@H]3C)[C@H]2C. The highest BCUT2D eigenvalue weighted by molar-refractivity contribution is 5.37. The van der Waals surface area contributed by atoms with Gasteiger partial charge in [0.05, 0.1) is 0 Å². The van der Waals surface area contributed by atoms with Crippen LogP contribution in [0.3, 0.4) is 0 Å². The molecule has 2 aromatic rings. The van der Waals surface area contributed by atoms with E-state index >= 15 is 0 Å². The van der Waals surface area contributed by atoms with Gasteiger partial charge < -0.3 is 14.2 Å². The minimum absolute atomic E-state index is 0.0964. The number of ether oxygens (including phenoxy) is 3. The van der Waals surface area contributed by atoms with Crippen LogP contribution in [0.1, 0.15) is 51.7 Å². The van der Waals surface area contributed by atoms with Crippen molar-refractivity contribution in [1.82, 2.24) is 0 Å². The van der Waals surface area contributed by atoms with Crippen LogP contribution in [-0.2, 0) is 25.8 Å². The zero-order valence-corrected chi connectivity index (χ0v) is 16.6. The van der Waals surface area contributed by atoms with Gasteiger partial charge in [0.1, 0.15) is 11.2 Å².